The van der Waals surface area contributed by atoms with Crippen LogP contribution >= 0.6 is 22.6 Å². The third-order valence-corrected chi connectivity index (χ3v) is 8.74. The summed E-state index contributed by atoms with van der Waals surface area (Å²) in [7, 11) is -3.64. The van der Waals surface area contributed by atoms with Crippen LogP contribution in [0.1, 0.15) is 22.7 Å². The number of rotatable bonds is 6. The third kappa shape index (κ3) is 8.39. The highest BCUT2D eigenvalue weighted by Crippen LogP contribution is 2.35. The number of alkyl halides is 3. The molecule has 1 unspecified atom stereocenters. The monoisotopic (exact) mass is 726 g/mol. The first-order chi connectivity index (χ1) is 20.2. The van der Waals surface area contributed by atoms with Crippen LogP contribution in [0.3, 0.4) is 0 Å². The zero-order valence-corrected chi connectivity index (χ0v) is 25.2. The van der Waals surface area contributed by atoms with Gasteiger partial charge in [0.1, 0.15) is 0 Å². The molecule has 0 spiro atoms. The molecule has 1 aliphatic heterocycles. The van der Waals surface area contributed by atoms with Gasteiger partial charge in [-0.3, -0.25) is 4.72 Å². The van der Waals surface area contributed by atoms with Gasteiger partial charge < -0.3 is 20.6 Å². The van der Waals surface area contributed by atoms with E-state index in [0.717, 1.165) is 50.8 Å². The van der Waals surface area contributed by atoms with Gasteiger partial charge in [0.05, 0.1) is 4.90 Å². The molecule has 13 heteroatoms. The average Bonchev–Trinajstić information content (AvgIpc) is 2.95. The summed E-state index contributed by atoms with van der Waals surface area (Å²) in [5.41, 5.74) is 5.75. The van der Waals surface area contributed by atoms with Crippen LogP contribution in [-0.2, 0) is 27.7 Å². The number of fused-ring (bicyclic) bond motifs is 1. The van der Waals surface area contributed by atoms with Gasteiger partial charge in [0.25, 0.3) is 10.0 Å². The summed E-state index contributed by atoms with van der Waals surface area (Å²) in [5.74, 6) is -2.93. The largest absolute Gasteiger partial charge is 0.504 e. The summed E-state index contributed by atoms with van der Waals surface area (Å²) in [6.45, 7) is 0.819. The fraction of sp³-hybridized carbons (Fsp3) is 0.167. The lowest BCUT2D eigenvalue weighted by atomic mass is 9.89. The zero-order chi connectivity index (χ0) is 31.4. The van der Waals surface area contributed by atoms with Crippen molar-refractivity contribution in [2.45, 2.75) is 30.0 Å². The Bertz CT molecular complexity index is 1700. The minimum atomic E-state index is -5.08. The molecule has 8 nitrogen and oxygen atoms in total. The van der Waals surface area contributed by atoms with E-state index in [1.165, 1.54) is 0 Å². The first-order valence-corrected chi connectivity index (χ1v) is 15.3. The summed E-state index contributed by atoms with van der Waals surface area (Å²) in [5, 5.41) is 30.4. The van der Waals surface area contributed by atoms with E-state index in [9.17, 15) is 31.8 Å². The van der Waals surface area contributed by atoms with Gasteiger partial charge in [-0.2, -0.15) is 13.2 Å². The standard InChI is InChI=1S/C28H25IN2O4S.C2HF3O2/c29-22-7-11-24(12-8-22)36(34,35)31-23-9-5-20(6-10-23)19-3-1-18(2-4-19)15-26-25-17-28(33)27(32)16-21(25)13-14-30-26;3-2(4,5)1(6)7/h1-12,16-17,26,30-33H,13-15H2;(H,6,7). The molecular formula is C30H26F3IN2O6S. The molecule has 0 bridgehead atoms. The first kappa shape index (κ1) is 32.1. The van der Waals surface area contributed by atoms with E-state index in [1.54, 1.807) is 48.5 Å². The van der Waals surface area contributed by atoms with E-state index >= 15 is 0 Å². The summed E-state index contributed by atoms with van der Waals surface area (Å²) in [4.78, 5) is 9.12. The molecule has 1 aliphatic rings. The summed E-state index contributed by atoms with van der Waals surface area (Å²) in [6.07, 6.45) is -3.51. The van der Waals surface area contributed by atoms with Gasteiger partial charge in [0, 0.05) is 15.3 Å². The second kappa shape index (κ2) is 13.2. The normalized spacial score (nSPS) is 14.7. The van der Waals surface area contributed by atoms with Crippen LogP contribution in [-0.4, -0.2) is 42.4 Å². The van der Waals surface area contributed by atoms with Gasteiger partial charge in [-0.05, 0) is 118 Å². The first-order valence-electron chi connectivity index (χ1n) is 12.8. The highest BCUT2D eigenvalue weighted by atomic mass is 127. The number of hydrogen-bond donors (Lipinski definition) is 5. The van der Waals surface area contributed by atoms with Crippen LogP contribution in [0.25, 0.3) is 11.1 Å². The number of phenols is 2. The lowest BCUT2D eigenvalue weighted by Gasteiger charge is -2.27. The van der Waals surface area contributed by atoms with Gasteiger partial charge >= 0.3 is 12.1 Å². The molecule has 0 saturated heterocycles. The Morgan fingerprint density at radius 1 is 0.907 bits per heavy atom. The maximum Gasteiger partial charge on any atom is 0.490 e. The highest BCUT2D eigenvalue weighted by molar-refractivity contribution is 14.1. The van der Waals surface area contributed by atoms with Crippen molar-refractivity contribution in [2.24, 2.45) is 0 Å². The Balaban J connectivity index is 0.000000541. The van der Waals surface area contributed by atoms with E-state index in [0.29, 0.717) is 5.69 Å². The number of aliphatic carboxylic acids is 1. The van der Waals surface area contributed by atoms with Crippen molar-refractivity contribution < 1.29 is 41.7 Å². The molecule has 5 N–H and O–H groups in total. The van der Waals surface area contributed by atoms with Gasteiger partial charge in [-0.25, -0.2) is 13.2 Å². The molecule has 0 radical (unpaired) electrons. The van der Waals surface area contributed by atoms with Crippen LogP contribution in [0.15, 0.2) is 89.8 Å². The number of aromatic hydroxyl groups is 2. The molecule has 0 amide bonds. The van der Waals surface area contributed by atoms with Crippen molar-refractivity contribution in [2.75, 3.05) is 11.3 Å². The number of nitrogens with one attached hydrogen (secondary N) is 2. The summed E-state index contributed by atoms with van der Waals surface area (Å²) < 4.78 is 60.6. The smallest absolute Gasteiger partial charge is 0.490 e. The van der Waals surface area contributed by atoms with Gasteiger partial charge in [0.2, 0.25) is 0 Å². The van der Waals surface area contributed by atoms with E-state index in [1.807, 2.05) is 12.1 Å². The average molecular weight is 727 g/mol. The Labute approximate surface area is 259 Å². The summed E-state index contributed by atoms with van der Waals surface area (Å²) >= 11 is 2.14. The molecule has 0 aromatic heterocycles. The van der Waals surface area contributed by atoms with Crippen molar-refractivity contribution >= 4 is 44.3 Å². The second-order valence-corrected chi connectivity index (χ2v) is 12.6. The van der Waals surface area contributed by atoms with Crippen molar-refractivity contribution in [1.82, 2.24) is 5.32 Å². The number of sulfonamides is 1. The van der Waals surface area contributed by atoms with Crippen molar-refractivity contribution in [3.63, 3.8) is 0 Å². The van der Waals surface area contributed by atoms with Gasteiger partial charge in [-0.1, -0.05) is 36.4 Å². The molecule has 1 heterocycles. The fourth-order valence-corrected chi connectivity index (χ4v) is 5.90. The molecule has 0 saturated carbocycles. The minimum Gasteiger partial charge on any atom is -0.504 e. The number of carboxylic acids is 1. The van der Waals surface area contributed by atoms with Crippen LogP contribution in [0.5, 0.6) is 11.5 Å². The lowest BCUT2D eigenvalue weighted by molar-refractivity contribution is -0.192. The fourth-order valence-electron chi connectivity index (χ4n) is 4.48. The van der Waals surface area contributed by atoms with Gasteiger partial charge in [0.15, 0.2) is 11.5 Å². The van der Waals surface area contributed by atoms with Crippen LogP contribution in [0.2, 0.25) is 0 Å². The van der Waals surface area contributed by atoms with Crippen molar-refractivity contribution in [3.05, 3.63) is 105 Å². The van der Waals surface area contributed by atoms with Crippen molar-refractivity contribution in [1.29, 1.82) is 0 Å². The summed E-state index contributed by atoms with van der Waals surface area (Å²) in [6, 6.07) is 25.7. The molecule has 5 rings (SSSR count). The molecule has 43 heavy (non-hydrogen) atoms. The zero-order valence-electron chi connectivity index (χ0n) is 22.3. The third-order valence-electron chi connectivity index (χ3n) is 6.63. The number of phenolic OH excluding ortho intramolecular Hbond substituents is 2. The number of anilines is 1. The van der Waals surface area contributed by atoms with Crippen LogP contribution < -0.4 is 10.0 Å². The van der Waals surface area contributed by atoms with E-state index < -0.39 is 22.2 Å². The minimum absolute atomic E-state index is 0.0616. The van der Waals surface area contributed by atoms with Gasteiger partial charge in [-0.15, -0.1) is 0 Å². The number of hydrogen-bond acceptors (Lipinski definition) is 6. The van der Waals surface area contributed by atoms with Crippen LogP contribution in [0, 0.1) is 3.57 Å². The number of benzene rings is 4. The number of carbonyl (C=O) groups is 1. The van der Waals surface area contributed by atoms with E-state index in [4.69, 9.17) is 9.90 Å². The molecule has 0 fully saturated rings. The van der Waals surface area contributed by atoms with Crippen molar-refractivity contribution in [3.8, 4) is 22.6 Å². The predicted octanol–water partition coefficient (Wildman–Crippen LogP) is 6.23. The molecule has 4 aromatic carbocycles. The molecular weight excluding hydrogens is 700 g/mol. The molecule has 4 aromatic rings. The molecule has 226 valence electrons. The topological polar surface area (TPSA) is 136 Å². The SMILES string of the molecule is O=C(O)C(F)(F)F.O=S(=O)(Nc1ccc(-c2ccc(CC3NCCc4cc(O)c(O)cc43)cc2)cc1)c1ccc(I)cc1. The maximum atomic E-state index is 12.6. The molecule has 0 aliphatic carbocycles. The Kier molecular flexibility index (Phi) is 9.87. The van der Waals surface area contributed by atoms with Crippen LogP contribution in [0.4, 0.5) is 18.9 Å². The Hall–Kier alpha value is -3.82. The molecule has 1 atom stereocenters. The van der Waals surface area contributed by atoms with E-state index in [-0.39, 0.29) is 22.4 Å². The quantitative estimate of drug-likeness (QED) is 0.117. The highest BCUT2D eigenvalue weighted by Gasteiger charge is 2.38. The van der Waals surface area contributed by atoms with E-state index in [2.05, 4.69) is 56.9 Å². The maximum absolute atomic E-state index is 12.6. The number of halogens is 4. The Morgan fingerprint density at radius 2 is 1.44 bits per heavy atom. The Morgan fingerprint density at radius 3 is 2.00 bits per heavy atom. The predicted molar refractivity (Wildman–Crippen MR) is 163 cm³/mol. The lowest BCUT2D eigenvalue weighted by Crippen LogP contribution is -2.31. The number of carboxylic acid groups (broad SMARTS) is 1. The second-order valence-electron chi connectivity index (χ2n) is 9.64.